The lowest BCUT2D eigenvalue weighted by atomic mass is 9.42. The second kappa shape index (κ2) is 6.50. The van der Waals surface area contributed by atoms with E-state index in [0.717, 1.165) is 19.3 Å². The fourth-order valence-electron chi connectivity index (χ4n) is 6.66. The normalized spacial score (nSPS) is 33.1. The summed E-state index contributed by atoms with van der Waals surface area (Å²) >= 11 is 12.3. The highest BCUT2D eigenvalue weighted by molar-refractivity contribution is 6.35. The van der Waals surface area contributed by atoms with Crippen LogP contribution in [0.3, 0.4) is 0 Å². The van der Waals surface area contributed by atoms with Crippen molar-refractivity contribution in [3.63, 3.8) is 0 Å². The van der Waals surface area contributed by atoms with Crippen molar-refractivity contribution in [3.8, 4) is 0 Å². The van der Waals surface area contributed by atoms with Crippen molar-refractivity contribution in [2.75, 3.05) is 5.32 Å². The van der Waals surface area contributed by atoms with Gasteiger partial charge in [-0.3, -0.25) is 4.79 Å². The fourth-order valence-corrected chi connectivity index (χ4v) is 7.19. The van der Waals surface area contributed by atoms with Crippen LogP contribution in [0.15, 0.2) is 42.5 Å². The van der Waals surface area contributed by atoms with E-state index < -0.39 is 0 Å². The van der Waals surface area contributed by atoms with Crippen LogP contribution in [-0.2, 0) is 10.2 Å². The lowest BCUT2D eigenvalue weighted by molar-refractivity contribution is -0.143. The van der Waals surface area contributed by atoms with Crippen LogP contribution >= 0.6 is 23.2 Å². The Bertz CT molecular complexity index is 902. The molecule has 4 fully saturated rings. The molecule has 4 aliphatic rings. The Balaban J connectivity index is 1.47. The number of hydrogen-bond donors (Lipinski definition) is 1. The Hall–Kier alpha value is -1.51. The van der Waals surface area contributed by atoms with Gasteiger partial charge in [-0.15, -0.1) is 0 Å². The first kappa shape index (κ1) is 18.5. The minimum Gasteiger partial charge on any atom is -0.326 e. The Morgan fingerprint density at radius 1 is 0.964 bits per heavy atom. The van der Waals surface area contributed by atoms with Gasteiger partial charge in [-0.05, 0) is 86.5 Å². The molecule has 2 unspecified atom stereocenters. The molecule has 4 aliphatic carbocycles. The molecule has 1 N–H and O–H groups in total. The molecule has 0 radical (unpaired) electrons. The molecule has 2 aromatic carbocycles. The number of aryl methyl sites for hydroxylation is 1. The second-order valence-corrected chi connectivity index (χ2v) is 10.4. The van der Waals surface area contributed by atoms with Gasteiger partial charge in [-0.25, -0.2) is 0 Å². The third-order valence-corrected chi connectivity index (χ3v) is 7.76. The molecule has 4 atom stereocenters. The molecular formula is C24H25Cl2NO. The third-order valence-electron chi connectivity index (χ3n) is 7.33. The van der Waals surface area contributed by atoms with Crippen molar-refractivity contribution in [3.05, 3.63) is 63.6 Å². The lowest BCUT2D eigenvalue weighted by Crippen LogP contribution is -2.57. The molecule has 4 saturated carbocycles. The Labute approximate surface area is 176 Å². The molecule has 4 heteroatoms. The highest BCUT2D eigenvalue weighted by Gasteiger charge is 2.60. The summed E-state index contributed by atoms with van der Waals surface area (Å²) in [6.45, 7) is 2.13. The van der Waals surface area contributed by atoms with Crippen LogP contribution in [0, 0.1) is 24.2 Å². The molecule has 0 heterocycles. The monoisotopic (exact) mass is 413 g/mol. The summed E-state index contributed by atoms with van der Waals surface area (Å²) in [5.41, 5.74) is 3.29. The van der Waals surface area contributed by atoms with E-state index in [1.807, 2.05) is 0 Å². The molecule has 0 aliphatic heterocycles. The van der Waals surface area contributed by atoms with Crippen LogP contribution in [0.4, 0.5) is 5.69 Å². The first-order valence-corrected chi connectivity index (χ1v) is 11.0. The zero-order valence-corrected chi connectivity index (χ0v) is 17.6. The summed E-state index contributed by atoms with van der Waals surface area (Å²) in [5, 5.41) is 4.24. The summed E-state index contributed by atoms with van der Waals surface area (Å²) in [6.07, 6.45) is 6.71. The SMILES string of the molecule is Cc1ccc(C23C[C@@H]4C[C@@H](CC(C(=O)Nc5cc(Cl)cc(Cl)c5)(C4)C2)C3)cc1. The van der Waals surface area contributed by atoms with Crippen molar-refractivity contribution in [2.24, 2.45) is 17.3 Å². The Morgan fingerprint density at radius 2 is 1.57 bits per heavy atom. The number of hydrogen-bond acceptors (Lipinski definition) is 1. The molecule has 6 rings (SSSR count). The summed E-state index contributed by atoms with van der Waals surface area (Å²) in [6, 6.07) is 14.3. The zero-order valence-electron chi connectivity index (χ0n) is 16.1. The molecule has 2 nitrogen and oxygen atoms in total. The minimum absolute atomic E-state index is 0.149. The van der Waals surface area contributed by atoms with E-state index >= 15 is 0 Å². The maximum Gasteiger partial charge on any atom is 0.230 e. The predicted octanol–water partition coefficient (Wildman–Crippen LogP) is 6.78. The van der Waals surface area contributed by atoms with Gasteiger partial charge in [0.1, 0.15) is 0 Å². The topological polar surface area (TPSA) is 29.1 Å². The second-order valence-electron chi connectivity index (χ2n) is 9.50. The minimum atomic E-state index is -0.274. The standard InChI is InChI=1S/C24H25Cl2NO/c1-15-2-4-18(5-3-15)23-10-16-6-17(11-23)13-24(12-16,14-23)22(28)27-21-8-19(25)7-20(26)9-21/h2-5,7-9,16-17H,6,10-14H2,1H3,(H,27,28)/t16-,17+,23?,24?. The van der Waals surface area contributed by atoms with Crippen LogP contribution in [0.25, 0.3) is 0 Å². The molecular weight excluding hydrogens is 389 g/mol. The number of halogens is 2. The smallest absolute Gasteiger partial charge is 0.230 e. The molecule has 146 valence electrons. The maximum atomic E-state index is 13.5. The van der Waals surface area contributed by atoms with E-state index in [2.05, 4.69) is 36.5 Å². The van der Waals surface area contributed by atoms with Crippen molar-refractivity contribution in [1.82, 2.24) is 0 Å². The van der Waals surface area contributed by atoms with E-state index in [9.17, 15) is 4.79 Å². The van der Waals surface area contributed by atoms with Gasteiger partial charge < -0.3 is 5.32 Å². The molecule has 0 saturated heterocycles. The number of carbonyl (C=O) groups excluding carboxylic acids is 1. The van der Waals surface area contributed by atoms with E-state index in [0.29, 0.717) is 27.6 Å². The molecule has 4 bridgehead atoms. The number of nitrogens with one attached hydrogen (secondary N) is 1. The Kier molecular flexibility index (Phi) is 4.30. The first-order valence-electron chi connectivity index (χ1n) is 10.2. The number of carbonyl (C=O) groups is 1. The third kappa shape index (κ3) is 3.06. The highest BCUT2D eigenvalue weighted by Crippen LogP contribution is 2.66. The van der Waals surface area contributed by atoms with Gasteiger partial charge in [0.2, 0.25) is 5.91 Å². The first-order chi connectivity index (χ1) is 13.4. The molecule has 28 heavy (non-hydrogen) atoms. The molecule has 0 spiro atoms. The molecule has 0 aromatic heterocycles. The quantitative estimate of drug-likeness (QED) is 0.589. The number of rotatable bonds is 3. The Morgan fingerprint density at radius 3 is 2.18 bits per heavy atom. The number of amides is 1. The van der Waals surface area contributed by atoms with Crippen LogP contribution in [-0.4, -0.2) is 5.91 Å². The van der Waals surface area contributed by atoms with E-state index in [1.54, 1.807) is 18.2 Å². The largest absolute Gasteiger partial charge is 0.326 e. The van der Waals surface area contributed by atoms with Gasteiger partial charge in [0, 0.05) is 15.7 Å². The van der Waals surface area contributed by atoms with Crippen LogP contribution < -0.4 is 5.32 Å². The summed E-state index contributed by atoms with van der Waals surface area (Å²) in [5.74, 6) is 1.45. The van der Waals surface area contributed by atoms with Crippen LogP contribution in [0.1, 0.15) is 49.7 Å². The van der Waals surface area contributed by atoms with Gasteiger partial charge in [0.15, 0.2) is 0 Å². The average molecular weight is 414 g/mol. The van der Waals surface area contributed by atoms with Gasteiger partial charge >= 0.3 is 0 Å². The van der Waals surface area contributed by atoms with Crippen molar-refractivity contribution < 1.29 is 4.79 Å². The predicted molar refractivity (Wildman–Crippen MR) is 115 cm³/mol. The maximum absolute atomic E-state index is 13.5. The van der Waals surface area contributed by atoms with Crippen LogP contribution in [0.5, 0.6) is 0 Å². The number of benzene rings is 2. The van der Waals surface area contributed by atoms with Gasteiger partial charge in [-0.1, -0.05) is 53.0 Å². The van der Waals surface area contributed by atoms with E-state index in [1.165, 1.54) is 30.4 Å². The molecule has 1 amide bonds. The van der Waals surface area contributed by atoms with Crippen molar-refractivity contribution in [1.29, 1.82) is 0 Å². The van der Waals surface area contributed by atoms with Crippen molar-refractivity contribution in [2.45, 2.75) is 50.9 Å². The zero-order chi connectivity index (χ0) is 19.5. The van der Waals surface area contributed by atoms with Gasteiger partial charge in [0.25, 0.3) is 0 Å². The average Bonchev–Trinajstić information content (AvgIpc) is 2.60. The van der Waals surface area contributed by atoms with E-state index in [4.69, 9.17) is 23.2 Å². The van der Waals surface area contributed by atoms with Crippen LogP contribution in [0.2, 0.25) is 10.0 Å². The van der Waals surface area contributed by atoms with Gasteiger partial charge in [0.05, 0.1) is 5.41 Å². The van der Waals surface area contributed by atoms with Gasteiger partial charge in [-0.2, -0.15) is 0 Å². The summed E-state index contributed by atoms with van der Waals surface area (Å²) < 4.78 is 0. The fraction of sp³-hybridized carbons (Fsp3) is 0.458. The summed E-state index contributed by atoms with van der Waals surface area (Å²) in [7, 11) is 0. The highest BCUT2D eigenvalue weighted by atomic mass is 35.5. The lowest BCUT2D eigenvalue weighted by Gasteiger charge is -2.61. The molecule has 2 aromatic rings. The van der Waals surface area contributed by atoms with Crippen molar-refractivity contribution >= 4 is 34.8 Å². The summed E-state index contributed by atoms with van der Waals surface area (Å²) in [4.78, 5) is 13.5. The van der Waals surface area contributed by atoms with E-state index in [-0.39, 0.29) is 16.7 Å². The number of anilines is 1.